The summed E-state index contributed by atoms with van der Waals surface area (Å²) in [6, 6.07) is 17.0. The van der Waals surface area contributed by atoms with E-state index in [2.05, 4.69) is 20.5 Å². The number of nitrogens with zero attached hydrogens (tertiary/aromatic N) is 3. The van der Waals surface area contributed by atoms with Crippen LogP contribution in [-0.4, -0.2) is 38.6 Å². The van der Waals surface area contributed by atoms with E-state index in [9.17, 15) is 4.79 Å². The predicted molar refractivity (Wildman–Crippen MR) is 110 cm³/mol. The third-order valence-corrected chi connectivity index (χ3v) is 5.08. The number of amides is 1. The quantitative estimate of drug-likeness (QED) is 0.343. The molecule has 0 bridgehead atoms. The number of nitrogens with one attached hydrogen (secondary N) is 2. The molecule has 0 aliphatic heterocycles. The Morgan fingerprint density at radius 3 is 2.75 bits per heavy atom. The number of aromatic nitrogens is 4. The number of anilines is 1. The number of fused-ring (bicyclic) bond motifs is 1. The lowest BCUT2D eigenvalue weighted by molar-refractivity contribution is -0.113. The number of carbonyl (C=O) groups excluding carboxylic acids is 1. The highest BCUT2D eigenvalue weighted by Gasteiger charge is 2.15. The third-order valence-electron chi connectivity index (χ3n) is 4.14. The Morgan fingerprint density at radius 2 is 2.00 bits per heavy atom. The Kier molecular flexibility index (Phi) is 4.90. The van der Waals surface area contributed by atoms with Crippen molar-refractivity contribution in [3.8, 4) is 17.3 Å². The van der Waals surface area contributed by atoms with Gasteiger partial charge in [-0.25, -0.2) is 4.68 Å². The maximum atomic E-state index is 12.2. The zero-order valence-electron chi connectivity index (χ0n) is 15.0. The number of benzene rings is 2. The molecule has 0 spiro atoms. The van der Waals surface area contributed by atoms with Crippen LogP contribution in [0.4, 0.5) is 5.69 Å². The Hall–Kier alpha value is -3.46. The molecule has 8 nitrogen and oxygen atoms in total. The second-order valence-corrected chi connectivity index (χ2v) is 6.95. The fourth-order valence-corrected chi connectivity index (χ4v) is 3.41. The Bertz CT molecular complexity index is 1090. The molecule has 0 saturated heterocycles. The summed E-state index contributed by atoms with van der Waals surface area (Å²) in [7, 11) is 1.59. The van der Waals surface area contributed by atoms with Gasteiger partial charge in [0.05, 0.1) is 18.6 Å². The van der Waals surface area contributed by atoms with Crippen molar-refractivity contribution in [2.45, 2.75) is 5.16 Å². The topological polar surface area (TPSA) is 111 Å². The van der Waals surface area contributed by atoms with E-state index in [-0.39, 0.29) is 11.7 Å². The van der Waals surface area contributed by atoms with E-state index >= 15 is 0 Å². The number of hydrogen-bond donors (Lipinski definition) is 3. The molecule has 0 atom stereocenters. The van der Waals surface area contributed by atoms with Gasteiger partial charge >= 0.3 is 0 Å². The van der Waals surface area contributed by atoms with Crippen LogP contribution >= 0.6 is 11.8 Å². The first-order valence-electron chi connectivity index (χ1n) is 8.49. The number of para-hydroxylation sites is 1. The van der Waals surface area contributed by atoms with E-state index in [0.29, 0.717) is 16.7 Å². The molecule has 0 aliphatic carbocycles. The van der Waals surface area contributed by atoms with Crippen molar-refractivity contribution < 1.29 is 9.53 Å². The van der Waals surface area contributed by atoms with E-state index in [4.69, 9.17) is 10.6 Å². The van der Waals surface area contributed by atoms with E-state index < -0.39 is 0 Å². The first-order valence-corrected chi connectivity index (χ1v) is 9.48. The lowest BCUT2D eigenvalue weighted by atomic mass is 10.2. The van der Waals surface area contributed by atoms with Gasteiger partial charge in [-0.3, -0.25) is 4.79 Å². The maximum absolute atomic E-state index is 12.2. The van der Waals surface area contributed by atoms with Crippen molar-refractivity contribution >= 4 is 34.3 Å². The highest BCUT2D eigenvalue weighted by Crippen LogP contribution is 2.25. The van der Waals surface area contributed by atoms with Gasteiger partial charge in [0.15, 0.2) is 5.82 Å². The molecule has 0 saturated carbocycles. The number of nitrogens with two attached hydrogens (primary N) is 1. The highest BCUT2D eigenvalue weighted by atomic mass is 32.2. The van der Waals surface area contributed by atoms with Gasteiger partial charge in [-0.15, -0.1) is 10.2 Å². The number of nitrogen functional groups attached to an aromatic ring is 1. The lowest BCUT2D eigenvalue weighted by Crippen LogP contribution is -2.16. The van der Waals surface area contributed by atoms with Gasteiger partial charge in [-0.1, -0.05) is 30.0 Å². The second kappa shape index (κ2) is 7.65. The molecule has 0 radical (unpaired) electrons. The summed E-state index contributed by atoms with van der Waals surface area (Å²) in [5.41, 5.74) is 2.46. The molecule has 142 valence electrons. The van der Waals surface area contributed by atoms with Crippen LogP contribution in [-0.2, 0) is 4.79 Å². The molecule has 4 aromatic rings. The zero-order valence-corrected chi connectivity index (χ0v) is 15.9. The average molecular weight is 394 g/mol. The Labute approximate surface area is 165 Å². The molecular weight excluding hydrogens is 376 g/mol. The van der Waals surface area contributed by atoms with Crippen LogP contribution < -0.4 is 15.9 Å². The Morgan fingerprint density at radius 1 is 1.21 bits per heavy atom. The maximum Gasteiger partial charge on any atom is 0.234 e. The van der Waals surface area contributed by atoms with Gasteiger partial charge in [-0.05, 0) is 36.4 Å². The van der Waals surface area contributed by atoms with E-state index in [0.717, 1.165) is 22.3 Å². The largest absolute Gasteiger partial charge is 0.497 e. The van der Waals surface area contributed by atoms with Crippen molar-refractivity contribution in [3.63, 3.8) is 0 Å². The van der Waals surface area contributed by atoms with Crippen LogP contribution in [0.15, 0.2) is 59.8 Å². The van der Waals surface area contributed by atoms with Crippen molar-refractivity contribution in [1.82, 2.24) is 19.9 Å². The molecule has 4 N–H and O–H groups in total. The number of H-pyrrole nitrogens is 1. The predicted octanol–water partition coefficient (Wildman–Crippen LogP) is 2.88. The van der Waals surface area contributed by atoms with Crippen molar-refractivity contribution in [2.24, 2.45) is 0 Å². The zero-order chi connectivity index (χ0) is 19.5. The monoisotopic (exact) mass is 394 g/mol. The standard InChI is InChI=1S/C19H18N6O2S/c1-27-14-8-6-13(7-9-14)21-17(26)11-28-19-24-23-18(25(19)20)16-10-12-4-2-3-5-15(12)22-16/h2-10,22H,11,20H2,1H3,(H,21,26). The van der Waals surface area contributed by atoms with Crippen LogP contribution in [0.5, 0.6) is 5.75 Å². The van der Waals surface area contributed by atoms with Gasteiger partial charge in [-0.2, -0.15) is 0 Å². The molecule has 0 unspecified atom stereocenters. The fourth-order valence-electron chi connectivity index (χ4n) is 2.75. The van der Waals surface area contributed by atoms with Crippen LogP contribution in [0.25, 0.3) is 22.4 Å². The molecule has 4 rings (SSSR count). The second-order valence-electron chi connectivity index (χ2n) is 6.01. The highest BCUT2D eigenvalue weighted by molar-refractivity contribution is 7.99. The summed E-state index contributed by atoms with van der Waals surface area (Å²) >= 11 is 1.22. The molecule has 2 heterocycles. The molecule has 0 aliphatic rings. The van der Waals surface area contributed by atoms with Crippen molar-refractivity contribution in [2.75, 3.05) is 24.0 Å². The summed E-state index contributed by atoms with van der Waals surface area (Å²) in [4.78, 5) is 15.4. The number of rotatable bonds is 6. The smallest absolute Gasteiger partial charge is 0.234 e. The minimum atomic E-state index is -0.162. The lowest BCUT2D eigenvalue weighted by Gasteiger charge is -2.06. The van der Waals surface area contributed by atoms with Gasteiger partial charge in [0.25, 0.3) is 0 Å². The summed E-state index contributed by atoms with van der Waals surface area (Å²) in [6.07, 6.45) is 0. The van der Waals surface area contributed by atoms with Gasteiger partial charge < -0.3 is 20.9 Å². The minimum Gasteiger partial charge on any atom is -0.497 e. The third kappa shape index (κ3) is 3.65. The number of thioether (sulfide) groups is 1. The summed E-state index contributed by atoms with van der Waals surface area (Å²) in [6.45, 7) is 0. The summed E-state index contributed by atoms with van der Waals surface area (Å²) in [5.74, 6) is 7.37. The molecule has 9 heteroatoms. The first-order chi connectivity index (χ1) is 13.6. The first kappa shape index (κ1) is 17.9. The van der Waals surface area contributed by atoms with E-state index in [1.165, 1.54) is 16.4 Å². The van der Waals surface area contributed by atoms with Gasteiger partial charge in [0.1, 0.15) is 5.75 Å². The average Bonchev–Trinajstić information content (AvgIpc) is 3.30. The molecule has 1 amide bonds. The number of methoxy groups -OCH3 is 1. The summed E-state index contributed by atoms with van der Waals surface area (Å²) < 4.78 is 6.48. The van der Waals surface area contributed by atoms with Gasteiger partial charge in [0, 0.05) is 16.6 Å². The minimum absolute atomic E-state index is 0.161. The molecule has 2 aromatic heterocycles. The van der Waals surface area contributed by atoms with Crippen molar-refractivity contribution in [1.29, 1.82) is 0 Å². The number of carbonyl (C=O) groups is 1. The number of hydrogen-bond acceptors (Lipinski definition) is 6. The van der Waals surface area contributed by atoms with Crippen LogP contribution in [0.3, 0.4) is 0 Å². The van der Waals surface area contributed by atoms with E-state index in [1.54, 1.807) is 31.4 Å². The summed E-state index contributed by atoms with van der Waals surface area (Å²) in [5, 5.41) is 12.6. The number of ether oxygens (including phenoxy) is 1. The Balaban J connectivity index is 1.42. The van der Waals surface area contributed by atoms with Crippen LogP contribution in [0.2, 0.25) is 0 Å². The molecule has 2 aromatic carbocycles. The van der Waals surface area contributed by atoms with Crippen LogP contribution in [0.1, 0.15) is 0 Å². The molecular formula is C19H18N6O2S. The molecule has 28 heavy (non-hydrogen) atoms. The van der Waals surface area contributed by atoms with Crippen LogP contribution in [0, 0.1) is 0 Å². The van der Waals surface area contributed by atoms with E-state index in [1.807, 2.05) is 30.3 Å². The SMILES string of the molecule is COc1ccc(NC(=O)CSc2nnc(-c3cc4ccccc4[nH]3)n2N)cc1. The van der Waals surface area contributed by atoms with Crippen molar-refractivity contribution in [3.05, 3.63) is 54.6 Å². The number of aromatic amines is 1. The molecule has 0 fully saturated rings. The fraction of sp³-hybridized carbons (Fsp3) is 0.105. The normalized spacial score (nSPS) is 10.9. The van der Waals surface area contributed by atoms with Gasteiger partial charge in [0.2, 0.25) is 11.1 Å².